The molecule has 0 fully saturated rings. The lowest BCUT2D eigenvalue weighted by molar-refractivity contribution is -0.137. The van der Waals surface area contributed by atoms with Crippen LogP contribution >= 0.6 is 0 Å². The van der Waals surface area contributed by atoms with Crippen LogP contribution in [0.5, 0.6) is 0 Å². The molecule has 3 heterocycles. The van der Waals surface area contributed by atoms with Crippen LogP contribution in [0.2, 0.25) is 0 Å². The van der Waals surface area contributed by atoms with E-state index in [1.165, 1.54) is 35.0 Å². The Balaban J connectivity index is 1.46. The zero-order chi connectivity index (χ0) is 25.7. The fraction of sp³-hybridized carbons (Fsp3) is 0.320. The van der Waals surface area contributed by atoms with Crippen molar-refractivity contribution >= 4 is 23.5 Å². The molecule has 0 bridgehead atoms. The van der Waals surface area contributed by atoms with E-state index in [0.717, 1.165) is 36.5 Å². The average molecular weight is 495 g/mol. The molecule has 2 aromatic heterocycles. The molecule has 1 amide bonds. The van der Waals surface area contributed by atoms with Crippen LogP contribution in [0, 0.1) is 12.7 Å². The molecule has 36 heavy (non-hydrogen) atoms. The molecule has 1 aliphatic heterocycles. The lowest BCUT2D eigenvalue weighted by Crippen LogP contribution is -2.37. The molecule has 0 unspecified atom stereocenters. The third-order valence-corrected chi connectivity index (χ3v) is 5.91. The van der Waals surface area contributed by atoms with Gasteiger partial charge < -0.3 is 21.1 Å². The van der Waals surface area contributed by atoms with Crippen molar-refractivity contribution in [3.8, 4) is 0 Å². The number of halogens is 1. The number of carboxylic acids is 1. The van der Waals surface area contributed by atoms with Crippen molar-refractivity contribution in [2.75, 3.05) is 17.2 Å². The highest BCUT2D eigenvalue weighted by Crippen LogP contribution is 2.20. The van der Waals surface area contributed by atoms with Crippen LogP contribution < -0.4 is 21.5 Å². The Morgan fingerprint density at radius 3 is 2.89 bits per heavy atom. The van der Waals surface area contributed by atoms with Crippen molar-refractivity contribution in [2.24, 2.45) is 0 Å². The first-order valence-corrected chi connectivity index (χ1v) is 11.6. The molecule has 3 aromatic rings. The summed E-state index contributed by atoms with van der Waals surface area (Å²) in [4.78, 5) is 45.9. The quantitative estimate of drug-likeness (QED) is 0.356. The smallest absolute Gasteiger partial charge is 0.305 e. The van der Waals surface area contributed by atoms with Gasteiger partial charge in [-0.1, -0.05) is 18.2 Å². The molecule has 0 radical (unpaired) electrons. The van der Waals surface area contributed by atoms with Crippen LogP contribution in [0.3, 0.4) is 0 Å². The van der Waals surface area contributed by atoms with Gasteiger partial charge in [0.25, 0.3) is 5.56 Å². The van der Waals surface area contributed by atoms with Crippen LogP contribution in [0.4, 0.5) is 16.0 Å². The van der Waals surface area contributed by atoms with Gasteiger partial charge in [0.15, 0.2) is 5.82 Å². The van der Waals surface area contributed by atoms with Crippen LogP contribution in [0.15, 0.2) is 47.4 Å². The van der Waals surface area contributed by atoms with Gasteiger partial charge in [0.2, 0.25) is 5.91 Å². The number of amides is 1. The Labute approximate surface area is 206 Å². The molecule has 0 saturated heterocycles. The molecular weight excluding hydrogens is 467 g/mol. The number of rotatable bonds is 9. The van der Waals surface area contributed by atoms with Gasteiger partial charge in [0.05, 0.1) is 24.7 Å². The Bertz CT molecular complexity index is 1340. The molecule has 4 rings (SSSR count). The highest BCUT2D eigenvalue weighted by Gasteiger charge is 2.20. The number of fused-ring (bicyclic) bond motifs is 1. The van der Waals surface area contributed by atoms with Crippen molar-refractivity contribution in [1.29, 1.82) is 0 Å². The molecule has 1 atom stereocenters. The van der Waals surface area contributed by atoms with E-state index < -0.39 is 35.7 Å². The summed E-state index contributed by atoms with van der Waals surface area (Å²) in [5.74, 6) is -1.37. The van der Waals surface area contributed by atoms with Crippen molar-refractivity contribution in [3.63, 3.8) is 0 Å². The molecule has 10 nitrogen and oxygen atoms in total. The Morgan fingerprint density at radius 2 is 2.11 bits per heavy atom. The number of pyridine rings is 1. The SMILES string of the molecule is Cc1cnc(NCc2ccc3c(n2)NCCC3)c(=O)n1CC(=O)N[C@@H](CC(=O)O)c1cccc(F)c1. The Hall–Kier alpha value is -4.28. The van der Waals surface area contributed by atoms with Crippen molar-refractivity contribution in [1.82, 2.24) is 19.9 Å². The van der Waals surface area contributed by atoms with Gasteiger partial charge in [-0.2, -0.15) is 0 Å². The normalized spacial score (nSPS) is 13.3. The van der Waals surface area contributed by atoms with Gasteiger partial charge in [0, 0.05) is 18.4 Å². The third-order valence-electron chi connectivity index (χ3n) is 5.91. The summed E-state index contributed by atoms with van der Waals surface area (Å²) in [6, 6.07) is 8.33. The maximum Gasteiger partial charge on any atom is 0.305 e. The number of hydrogen-bond acceptors (Lipinski definition) is 7. The van der Waals surface area contributed by atoms with Gasteiger partial charge in [0.1, 0.15) is 18.2 Å². The fourth-order valence-corrected chi connectivity index (χ4v) is 4.06. The summed E-state index contributed by atoms with van der Waals surface area (Å²) in [6.07, 6.45) is 3.07. The molecule has 1 aliphatic rings. The van der Waals surface area contributed by atoms with Gasteiger partial charge in [-0.15, -0.1) is 0 Å². The summed E-state index contributed by atoms with van der Waals surface area (Å²) in [7, 11) is 0. The van der Waals surface area contributed by atoms with E-state index in [1.807, 2.05) is 12.1 Å². The molecule has 0 saturated carbocycles. The van der Waals surface area contributed by atoms with E-state index in [4.69, 9.17) is 0 Å². The third kappa shape index (κ3) is 6.04. The zero-order valence-electron chi connectivity index (χ0n) is 19.8. The molecule has 4 N–H and O–H groups in total. The Morgan fingerprint density at radius 1 is 1.28 bits per heavy atom. The monoisotopic (exact) mass is 494 g/mol. The number of benzene rings is 1. The number of hydrogen-bond donors (Lipinski definition) is 4. The van der Waals surface area contributed by atoms with Crippen molar-refractivity contribution < 1.29 is 19.1 Å². The number of carbonyl (C=O) groups is 2. The molecule has 188 valence electrons. The van der Waals surface area contributed by atoms with E-state index in [1.54, 1.807) is 6.92 Å². The number of carbonyl (C=O) groups excluding carboxylic acids is 1. The average Bonchev–Trinajstić information content (AvgIpc) is 2.85. The lowest BCUT2D eigenvalue weighted by Gasteiger charge is -2.19. The molecule has 1 aromatic carbocycles. The number of aliphatic carboxylic acids is 1. The number of nitrogens with zero attached hydrogens (tertiary/aromatic N) is 3. The van der Waals surface area contributed by atoms with Crippen molar-refractivity contribution in [3.05, 3.63) is 81.3 Å². The molecule has 0 aliphatic carbocycles. The maximum atomic E-state index is 13.7. The summed E-state index contributed by atoms with van der Waals surface area (Å²) < 4.78 is 14.9. The predicted molar refractivity (Wildman–Crippen MR) is 131 cm³/mol. The van der Waals surface area contributed by atoms with E-state index in [0.29, 0.717) is 11.3 Å². The first-order chi connectivity index (χ1) is 17.3. The van der Waals surface area contributed by atoms with Gasteiger partial charge in [-0.3, -0.25) is 19.0 Å². The number of nitrogens with one attached hydrogen (secondary N) is 3. The minimum Gasteiger partial charge on any atom is -0.481 e. The first kappa shape index (κ1) is 24.8. The summed E-state index contributed by atoms with van der Waals surface area (Å²) >= 11 is 0. The van der Waals surface area contributed by atoms with Crippen LogP contribution in [-0.2, 0) is 29.1 Å². The van der Waals surface area contributed by atoms with Gasteiger partial charge in [-0.05, 0) is 49.1 Å². The van der Waals surface area contributed by atoms with Crippen molar-refractivity contribution in [2.45, 2.75) is 45.3 Å². The Kier molecular flexibility index (Phi) is 7.57. The fourth-order valence-electron chi connectivity index (χ4n) is 4.06. The van der Waals surface area contributed by atoms with E-state index in [2.05, 4.69) is 25.9 Å². The predicted octanol–water partition coefficient (Wildman–Crippen LogP) is 2.39. The van der Waals surface area contributed by atoms with E-state index in [9.17, 15) is 23.9 Å². The van der Waals surface area contributed by atoms with E-state index >= 15 is 0 Å². The lowest BCUT2D eigenvalue weighted by atomic mass is 10.0. The van der Waals surface area contributed by atoms with Crippen LogP contribution in [0.25, 0.3) is 0 Å². The second-order valence-corrected chi connectivity index (χ2v) is 8.61. The summed E-state index contributed by atoms with van der Waals surface area (Å²) in [6.45, 7) is 2.43. The first-order valence-electron chi connectivity index (χ1n) is 11.6. The van der Waals surface area contributed by atoms with Gasteiger partial charge in [-0.25, -0.2) is 14.4 Å². The molecule has 0 spiro atoms. The minimum atomic E-state index is -1.15. The summed E-state index contributed by atoms with van der Waals surface area (Å²) in [5, 5.41) is 18.1. The highest BCUT2D eigenvalue weighted by molar-refractivity contribution is 5.77. The second kappa shape index (κ2) is 11.0. The number of carboxylic acid groups (broad SMARTS) is 1. The standard InChI is InChI=1S/C25H27FN6O4/c1-15-12-28-24(29-13-19-8-7-16-5-3-9-27-23(16)30-19)25(36)32(15)14-21(33)31-20(11-22(34)35)17-4-2-6-18(26)10-17/h2,4,6-8,10,12,20H,3,5,9,11,13-14H2,1H3,(H,27,30)(H,28,29)(H,31,33)(H,34,35)/t20-/m0/s1. The van der Waals surface area contributed by atoms with E-state index in [-0.39, 0.29) is 18.9 Å². The number of aryl methyl sites for hydroxylation is 2. The van der Waals surface area contributed by atoms with Gasteiger partial charge >= 0.3 is 5.97 Å². The maximum absolute atomic E-state index is 13.7. The molecule has 11 heteroatoms. The highest BCUT2D eigenvalue weighted by atomic mass is 19.1. The number of aromatic nitrogens is 3. The molecular formula is C25H27FN6O4. The summed E-state index contributed by atoms with van der Waals surface area (Å²) in [5.41, 5.74) is 2.17. The van der Waals surface area contributed by atoms with Crippen LogP contribution in [-0.4, -0.2) is 38.1 Å². The second-order valence-electron chi connectivity index (χ2n) is 8.61. The number of anilines is 2. The largest absolute Gasteiger partial charge is 0.481 e. The van der Waals surface area contributed by atoms with Crippen LogP contribution in [0.1, 0.15) is 41.4 Å². The topological polar surface area (TPSA) is 138 Å². The zero-order valence-corrected chi connectivity index (χ0v) is 19.8. The minimum absolute atomic E-state index is 0.0631.